The molecular formula is C16H15F3N4O. The molecule has 1 aromatic carbocycles. The standard InChI is InChI=1S/C16H15F3N4O/c1-23(2)14-8-13(16(17,18)19)21-15(22-14)20-9-11-7-10-5-3-4-6-12(10)24-11/h3-8H,9H2,1-2H3,(H,20,21,22). The summed E-state index contributed by atoms with van der Waals surface area (Å²) in [5.41, 5.74) is -0.276. The van der Waals surface area contributed by atoms with Gasteiger partial charge in [-0.3, -0.25) is 0 Å². The minimum absolute atomic E-state index is 0.103. The van der Waals surface area contributed by atoms with Crippen molar-refractivity contribution < 1.29 is 17.6 Å². The predicted octanol–water partition coefficient (Wildman–Crippen LogP) is 3.92. The van der Waals surface area contributed by atoms with Gasteiger partial charge in [-0.25, -0.2) is 4.98 Å². The molecule has 2 heterocycles. The summed E-state index contributed by atoms with van der Waals surface area (Å²) >= 11 is 0. The second kappa shape index (κ2) is 6.03. The SMILES string of the molecule is CN(C)c1cc(C(F)(F)F)nc(NCc2cc3ccccc3o2)n1. The fourth-order valence-electron chi connectivity index (χ4n) is 2.18. The molecule has 0 amide bonds. The van der Waals surface area contributed by atoms with E-state index in [9.17, 15) is 13.2 Å². The largest absolute Gasteiger partial charge is 0.459 e. The minimum Gasteiger partial charge on any atom is -0.459 e. The zero-order chi connectivity index (χ0) is 17.3. The highest BCUT2D eigenvalue weighted by molar-refractivity contribution is 5.77. The van der Waals surface area contributed by atoms with Crippen molar-refractivity contribution in [3.8, 4) is 0 Å². The number of alkyl halides is 3. The van der Waals surface area contributed by atoms with Crippen LogP contribution in [0.4, 0.5) is 24.9 Å². The van der Waals surface area contributed by atoms with Gasteiger partial charge in [-0.15, -0.1) is 0 Å². The molecule has 0 aliphatic heterocycles. The monoisotopic (exact) mass is 336 g/mol. The molecule has 3 aromatic rings. The highest BCUT2D eigenvalue weighted by atomic mass is 19.4. The number of para-hydroxylation sites is 1. The van der Waals surface area contributed by atoms with E-state index in [1.54, 1.807) is 14.1 Å². The van der Waals surface area contributed by atoms with Gasteiger partial charge in [0.25, 0.3) is 0 Å². The Hall–Kier alpha value is -2.77. The molecule has 3 rings (SSSR count). The number of anilines is 2. The van der Waals surface area contributed by atoms with E-state index in [2.05, 4.69) is 15.3 Å². The van der Waals surface area contributed by atoms with Crippen molar-refractivity contribution in [2.45, 2.75) is 12.7 Å². The van der Waals surface area contributed by atoms with Gasteiger partial charge < -0.3 is 14.6 Å². The zero-order valence-corrected chi connectivity index (χ0v) is 13.1. The molecule has 5 nitrogen and oxygen atoms in total. The van der Waals surface area contributed by atoms with E-state index in [1.165, 1.54) is 4.90 Å². The van der Waals surface area contributed by atoms with Crippen LogP contribution in [0.15, 0.2) is 40.8 Å². The Labute approximate surface area is 136 Å². The third-order valence-corrected chi connectivity index (χ3v) is 3.36. The van der Waals surface area contributed by atoms with Crippen molar-refractivity contribution in [2.24, 2.45) is 0 Å². The second-order valence-electron chi connectivity index (χ2n) is 5.43. The summed E-state index contributed by atoms with van der Waals surface area (Å²) in [4.78, 5) is 9.11. The molecule has 0 atom stereocenters. The maximum atomic E-state index is 13.0. The first-order valence-electron chi connectivity index (χ1n) is 7.18. The molecule has 8 heteroatoms. The first-order valence-corrected chi connectivity index (χ1v) is 7.18. The van der Waals surface area contributed by atoms with Gasteiger partial charge in [-0.2, -0.15) is 18.2 Å². The van der Waals surface area contributed by atoms with Crippen molar-refractivity contribution in [3.63, 3.8) is 0 Å². The molecule has 0 saturated heterocycles. The second-order valence-corrected chi connectivity index (χ2v) is 5.43. The first-order chi connectivity index (χ1) is 11.3. The van der Waals surface area contributed by atoms with Crippen LogP contribution in [0, 0.1) is 0 Å². The van der Waals surface area contributed by atoms with Gasteiger partial charge in [0.1, 0.15) is 17.2 Å². The molecular weight excluding hydrogens is 321 g/mol. The van der Waals surface area contributed by atoms with Gasteiger partial charge >= 0.3 is 6.18 Å². The number of hydrogen-bond acceptors (Lipinski definition) is 5. The number of hydrogen-bond donors (Lipinski definition) is 1. The summed E-state index contributed by atoms with van der Waals surface area (Å²) in [7, 11) is 3.23. The number of nitrogens with one attached hydrogen (secondary N) is 1. The van der Waals surface area contributed by atoms with Crippen molar-refractivity contribution >= 4 is 22.7 Å². The van der Waals surface area contributed by atoms with Crippen LogP contribution in [0.2, 0.25) is 0 Å². The highest BCUT2D eigenvalue weighted by Crippen LogP contribution is 2.30. The van der Waals surface area contributed by atoms with E-state index < -0.39 is 11.9 Å². The Kier molecular flexibility index (Phi) is 4.04. The zero-order valence-electron chi connectivity index (χ0n) is 13.1. The van der Waals surface area contributed by atoms with E-state index in [1.807, 2.05) is 30.3 Å². The van der Waals surface area contributed by atoms with E-state index in [0.29, 0.717) is 11.3 Å². The molecule has 0 bridgehead atoms. The molecule has 0 aliphatic rings. The molecule has 1 N–H and O–H groups in total. The average Bonchev–Trinajstić information content (AvgIpc) is 2.94. The number of rotatable bonds is 4. The lowest BCUT2D eigenvalue weighted by Crippen LogP contribution is -2.17. The van der Waals surface area contributed by atoms with Crippen LogP contribution in [0.25, 0.3) is 11.0 Å². The summed E-state index contributed by atoms with van der Waals surface area (Å²) in [6.07, 6.45) is -4.54. The number of fused-ring (bicyclic) bond motifs is 1. The maximum Gasteiger partial charge on any atom is 0.433 e. The number of aromatic nitrogens is 2. The lowest BCUT2D eigenvalue weighted by atomic mass is 10.2. The van der Waals surface area contributed by atoms with Crippen LogP contribution >= 0.6 is 0 Å². The Bertz CT molecular complexity index is 825. The fourth-order valence-corrected chi connectivity index (χ4v) is 2.18. The molecule has 0 radical (unpaired) electrons. The molecule has 0 saturated carbocycles. The Balaban J connectivity index is 1.84. The molecule has 0 spiro atoms. The molecule has 0 unspecified atom stereocenters. The van der Waals surface area contributed by atoms with Gasteiger partial charge in [-0.1, -0.05) is 18.2 Å². The fraction of sp³-hybridized carbons (Fsp3) is 0.250. The molecule has 0 fully saturated rings. The van der Waals surface area contributed by atoms with Crippen LogP contribution in [-0.2, 0) is 12.7 Å². The van der Waals surface area contributed by atoms with E-state index >= 15 is 0 Å². The number of furan rings is 1. The number of nitrogens with zero attached hydrogens (tertiary/aromatic N) is 3. The molecule has 24 heavy (non-hydrogen) atoms. The van der Waals surface area contributed by atoms with Gasteiger partial charge in [0, 0.05) is 25.5 Å². The Morgan fingerprint density at radius 1 is 1.12 bits per heavy atom. The topological polar surface area (TPSA) is 54.2 Å². The Morgan fingerprint density at radius 3 is 2.54 bits per heavy atom. The maximum absolute atomic E-state index is 13.0. The molecule has 0 aliphatic carbocycles. The summed E-state index contributed by atoms with van der Waals surface area (Å²) in [6, 6.07) is 10.2. The van der Waals surface area contributed by atoms with Gasteiger partial charge in [0.15, 0.2) is 5.69 Å². The summed E-state index contributed by atoms with van der Waals surface area (Å²) in [5.74, 6) is 0.655. The van der Waals surface area contributed by atoms with Crippen molar-refractivity contribution in [1.82, 2.24) is 9.97 Å². The van der Waals surface area contributed by atoms with Crippen molar-refractivity contribution in [2.75, 3.05) is 24.3 Å². The number of halogens is 3. The lowest BCUT2D eigenvalue weighted by molar-refractivity contribution is -0.141. The van der Waals surface area contributed by atoms with Gasteiger partial charge in [-0.05, 0) is 12.1 Å². The first kappa shape index (κ1) is 16.1. The van der Waals surface area contributed by atoms with Crippen LogP contribution in [0.5, 0.6) is 0 Å². The van der Waals surface area contributed by atoms with Gasteiger partial charge in [0.2, 0.25) is 5.95 Å². The van der Waals surface area contributed by atoms with E-state index in [0.717, 1.165) is 11.5 Å². The lowest BCUT2D eigenvalue weighted by Gasteiger charge is -2.15. The van der Waals surface area contributed by atoms with E-state index in [4.69, 9.17) is 4.42 Å². The Morgan fingerprint density at radius 2 is 1.88 bits per heavy atom. The van der Waals surface area contributed by atoms with Crippen LogP contribution in [0.1, 0.15) is 11.5 Å². The summed E-state index contributed by atoms with van der Waals surface area (Å²) in [5, 5.41) is 3.71. The smallest absolute Gasteiger partial charge is 0.433 e. The van der Waals surface area contributed by atoms with Crippen LogP contribution in [0.3, 0.4) is 0 Å². The van der Waals surface area contributed by atoms with Crippen molar-refractivity contribution in [3.05, 3.63) is 47.9 Å². The summed E-state index contributed by atoms with van der Waals surface area (Å²) in [6.45, 7) is 0.183. The van der Waals surface area contributed by atoms with Crippen molar-refractivity contribution in [1.29, 1.82) is 0 Å². The normalized spacial score (nSPS) is 11.7. The van der Waals surface area contributed by atoms with E-state index in [-0.39, 0.29) is 18.3 Å². The van der Waals surface area contributed by atoms with Crippen LogP contribution < -0.4 is 10.2 Å². The highest BCUT2D eigenvalue weighted by Gasteiger charge is 2.34. The number of benzene rings is 1. The predicted molar refractivity (Wildman–Crippen MR) is 84.9 cm³/mol. The van der Waals surface area contributed by atoms with Crippen LogP contribution in [-0.4, -0.2) is 24.1 Å². The van der Waals surface area contributed by atoms with Gasteiger partial charge in [0.05, 0.1) is 6.54 Å². The molecule has 2 aromatic heterocycles. The third-order valence-electron chi connectivity index (χ3n) is 3.36. The summed E-state index contributed by atoms with van der Waals surface area (Å²) < 4.78 is 44.5. The minimum atomic E-state index is -4.54. The molecule has 126 valence electrons. The third kappa shape index (κ3) is 3.42. The average molecular weight is 336 g/mol. The quantitative estimate of drug-likeness (QED) is 0.783.